The second-order valence-electron chi connectivity index (χ2n) is 5.40. The van der Waals surface area contributed by atoms with E-state index in [1.165, 1.54) is 16.9 Å². The van der Waals surface area contributed by atoms with Gasteiger partial charge in [0.15, 0.2) is 0 Å². The van der Waals surface area contributed by atoms with Gasteiger partial charge in [-0.2, -0.15) is 0 Å². The Bertz CT molecular complexity index is 610. The summed E-state index contributed by atoms with van der Waals surface area (Å²) in [5.74, 6) is 0.00892. The van der Waals surface area contributed by atoms with Crippen LogP contribution in [0.3, 0.4) is 0 Å². The molecule has 5 heteroatoms. The van der Waals surface area contributed by atoms with E-state index in [2.05, 4.69) is 29.3 Å². The molecule has 0 unspecified atom stereocenters. The highest BCUT2D eigenvalue weighted by Crippen LogP contribution is 2.27. The van der Waals surface area contributed by atoms with Gasteiger partial charge in [-0.15, -0.1) is 23.1 Å². The zero-order valence-corrected chi connectivity index (χ0v) is 15.0. The molecule has 1 aromatic carbocycles. The smallest absolute Gasteiger partial charge is 0.262 e. The molecule has 0 aliphatic heterocycles. The van der Waals surface area contributed by atoms with E-state index in [9.17, 15) is 4.79 Å². The van der Waals surface area contributed by atoms with Gasteiger partial charge in [-0.3, -0.25) is 4.79 Å². The van der Waals surface area contributed by atoms with Crippen molar-refractivity contribution < 1.29 is 4.79 Å². The molecule has 1 heterocycles. The number of hydrogen-bond donors (Lipinski definition) is 1. The number of carbonyl (C=O) groups is 1. The maximum Gasteiger partial charge on any atom is 0.262 e. The first-order valence-electron chi connectivity index (χ1n) is 7.18. The maximum atomic E-state index is 12.5. The average molecular weight is 335 g/mol. The van der Waals surface area contributed by atoms with Crippen molar-refractivity contribution >= 4 is 29.0 Å². The predicted octanol–water partition coefficient (Wildman–Crippen LogP) is 3.89. The van der Waals surface area contributed by atoms with Crippen LogP contribution in [0.25, 0.3) is 0 Å². The molecule has 0 radical (unpaired) electrons. The van der Waals surface area contributed by atoms with Crippen LogP contribution in [0.15, 0.2) is 46.7 Å². The van der Waals surface area contributed by atoms with E-state index in [-0.39, 0.29) is 18.0 Å². The Balaban J connectivity index is 2.15. The fourth-order valence-corrected chi connectivity index (χ4v) is 4.31. The summed E-state index contributed by atoms with van der Waals surface area (Å²) < 4.78 is 0. The largest absolute Gasteiger partial charge is 0.347 e. The summed E-state index contributed by atoms with van der Waals surface area (Å²) in [5.41, 5.74) is 1.21. The summed E-state index contributed by atoms with van der Waals surface area (Å²) in [7, 11) is 4.08. The third kappa shape index (κ3) is 3.91. The van der Waals surface area contributed by atoms with E-state index >= 15 is 0 Å². The normalized spacial score (nSPS) is 13.9. The van der Waals surface area contributed by atoms with E-state index < -0.39 is 0 Å². The first kappa shape index (κ1) is 17.1. The van der Waals surface area contributed by atoms with Gasteiger partial charge in [-0.05, 0) is 44.3 Å². The summed E-state index contributed by atoms with van der Waals surface area (Å²) in [6, 6.07) is 12.4. The van der Waals surface area contributed by atoms with Gasteiger partial charge in [-0.1, -0.05) is 30.3 Å². The minimum Gasteiger partial charge on any atom is -0.347 e. The van der Waals surface area contributed by atoms with Gasteiger partial charge >= 0.3 is 0 Å². The lowest BCUT2D eigenvalue weighted by Gasteiger charge is -2.31. The number of hydrogen-bond acceptors (Lipinski definition) is 4. The van der Waals surface area contributed by atoms with Crippen LogP contribution in [-0.2, 0) is 0 Å². The lowest BCUT2D eigenvalue weighted by Crippen LogP contribution is -2.42. The van der Waals surface area contributed by atoms with Crippen LogP contribution in [0.4, 0.5) is 0 Å². The number of amides is 1. The van der Waals surface area contributed by atoms with Crippen molar-refractivity contribution in [1.82, 2.24) is 10.2 Å². The molecule has 22 heavy (non-hydrogen) atoms. The molecule has 0 fully saturated rings. The number of likely N-dealkylation sites (N-methyl/N-ethyl adjacent to an activating group) is 1. The van der Waals surface area contributed by atoms with Gasteiger partial charge in [0.05, 0.1) is 6.04 Å². The number of nitrogens with zero attached hydrogens (tertiary/aromatic N) is 1. The zero-order valence-electron chi connectivity index (χ0n) is 13.4. The average Bonchev–Trinajstić information content (AvgIpc) is 2.96. The molecular formula is C17H22N2OS2. The molecule has 1 amide bonds. The van der Waals surface area contributed by atoms with Gasteiger partial charge < -0.3 is 10.2 Å². The van der Waals surface area contributed by atoms with Crippen molar-refractivity contribution in [3.05, 3.63) is 52.2 Å². The Morgan fingerprint density at radius 3 is 2.50 bits per heavy atom. The van der Waals surface area contributed by atoms with Gasteiger partial charge in [-0.25, -0.2) is 0 Å². The number of carbonyl (C=O) groups excluding carboxylic acids is 1. The number of nitrogens with one attached hydrogen (secondary N) is 1. The maximum absolute atomic E-state index is 12.5. The van der Waals surface area contributed by atoms with E-state index in [0.29, 0.717) is 0 Å². The van der Waals surface area contributed by atoms with E-state index in [4.69, 9.17) is 0 Å². The van der Waals surface area contributed by atoms with Crippen molar-refractivity contribution in [2.24, 2.45) is 0 Å². The monoisotopic (exact) mass is 334 g/mol. The Morgan fingerprint density at radius 1 is 1.23 bits per heavy atom. The standard InChI is InChI=1S/C17H22N2OS2/c1-12(15(19(2)3)13-8-6-5-7-9-13)18-17(20)16-14(21-4)10-11-22-16/h5-12,15H,1-4H3,(H,18,20)/t12-,15+/m0/s1. The summed E-state index contributed by atoms with van der Waals surface area (Å²) in [4.78, 5) is 16.5. The van der Waals surface area contributed by atoms with E-state index in [0.717, 1.165) is 9.77 Å². The van der Waals surface area contributed by atoms with Crippen LogP contribution >= 0.6 is 23.1 Å². The molecule has 118 valence electrons. The lowest BCUT2D eigenvalue weighted by atomic mass is 9.99. The molecule has 2 rings (SSSR count). The van der Waals surface area contributed by atoms with Crippen molar-refractivity contribution in [1.29, 1.82) is 0 Å². The molecule has 2 atom stereocenters. The Morgan fingerprint density at radius 2 is 1.91 bits per heavy atom. The highest BCUT2D eigenvalue weighted by atomic mass is 32.2. The van der Waals surface area contributed by atoms with Crippen molar-refractivity contribution in [2.75, 3.05) is 20.4 Å². The molecule has 0 aliphatic rings. The summed E-state index contributed by atoms with van der Waals surface area (Å²) >= 11 is 3.10. The SMILES string of the molecule is CSc1ccsc1C(=O)N[C@@H](C)[C@H](c1ccccc1)N(C)C. The first-order valence-corrected chi connectivity index (χ1v) is 9.28. The fourth-order valence-electron chi connectivity index (χ4n) is 2.66. The minimum absolute atomic E-state index is 0.00892. The summed E-state index contributed by atoms with van der Waals surface area (Å²) in [6.45, 7) is 2.06. The number of thioether (sulfide) groups is 1. The number of benzene rings is 1. The fraction of sp³-hybridized carbons (Fsp3) is 0.353. The van der Waals surface area contributed by atoms with Gasteiger partial charge in [0.25, 0.3) is 5.91 Å². The molecule has 0 saturated heterocycles. The van der Waals surface area contributed by atoms with E-state index in [1.807, 2.05) is 50.0 Å². The van der Waals surface area contributed by atoms with E-state index in [1.54, 1.807) is 11.8 Å². The summed E-state index contributed by atoms with van der Waals surface area (Å²) in [5, 5.41) is 5.12. The second-order valence-corrected chi connectivity index (χ2v) is 7.16. The van der Waals surface area contributed by atoms with Gasteiger partial charge in [0, 0.05) is 10.9 Å². The quantitative estimate of drug-likeness (QED) is 0.814. The van der Waals surface area contributed by atoms with Crippen LogP contribution in [0.2, 0.25) is 0 Å². The molecule has 3 nitrogen and oxygen atoms in total. The third-order valence-corrected chi connectivity index (χ3v) is 5.41. The van der Waals surface area contributed by atoms with Gasteiger partial charge in [0.2, 0.25) is 0 Å². The van der Waals surface area contributed by atoms with Crippen LogP contribution in [-0.4, -0.2) is 37.2 Å². The van der Waals surface area contributed by atoms with Crippen molar-refractivity contribution in [2.45, 2.75) is 23.9 Å². The molecule has 0 bridgehead atoms. The van der Waals surface area contributed by atoms with Gasteiger partial charge in [0.1, 0.15) is 4.88 Å². The van der Waals surface area contributed by atoms with Crippen molar-refractivity contribution in [3.63, 3.8) is 0 Å². The number of rotatable bonds is 6. The predicted molar refractivity (Wildman–Crippen MR) is 95.9 cm³/mol. The van der Waals surface area contributed by atoms with Crippen LogP contribution < -0.4 is 5.32 Å². The summed E-state index contributed by atoms with van der Waals surface area (Å²) in [6.07, 6.45) is 1.99. The van der Waals surface area contributed by atoms with Crippen molar-refractivity contribution in [3.8, 4) is 0 Å². The Labute approximate surface area is 140 Å². The molecular weight excluding hydrogens is 312 g/mol. The highest BCUT2D eigenvalue weighted by Gasteiger charge is 2.24. The Kier molecular flexibility index (Phi) is 6.06. The topological polar surface area (TPSA) is 32.3 Å². The van der Waals surface area contributed by atoms with Crippen LogP contribution in [0.1, 0.15) is 28.2 Å². The number of thiophene rings is 1. The Hall–Kier alpha value is -1.30. The molecule has 1 aromatic heterocycles. The highest BCUT2D eigenvalue weighted by molar-refractivity contribution is 7.98. The molecule has 0 spiro atoms. The first-order chi connectivity index (χ1) is 10.5. The minimum atomic E-state index is 0.00892. The molecule has 1 N–H and O–H groups in total. The van der Waals surface area contributed by atoms with Crippen LogP contribution in [0, 0.1) is 0 Å². The second kappa shape index (κ2) is 7.81. The van der Waals surface area contributed by atoms with Crippen LogP contribution in [0.5, 0.6) is 0 Å². The molecule has 0 aliphatic carbocycles. The third-order valence-electron chi connectivity index (χ3n) is 3.59. The zero-order chi connectivity index (χ0) is 16.1. The lowest BCUT2D eigenvalue weighted by molar-refractivity contribution is 0.0917. The molecule has 2 aromatic rings. The molecule has 0 saturated carbocycles.